The quantitative estimate of drug-likeness (QED) is 0.868. The highest BCUT2D eigenvalue weighted by Crippen LogP contribution is 2.22. The Bertz CT molecular complexity index is 710. The zero-order valence-electron chi connectivity index (χ0n) is 14.4. The van der Waals surface area contributed by atoms with E-state index >= 15 is 0 Å². The molecule has 0 unspecified atom stereocenters. The van der Waals surface area contributed by atoms with Crippen molar-refractivity contribution in [2.24, 2.45) is 0 Å². The summed E-state index contributed by atoms with van der Waals surface area (Å²) in [5.74, 6) is 1.04. The van der Waals surface area contributed by atoms with Gasteiger partial charge in [0, 0.05) is 25.0 Å². The third-order valence-electron chi connectivity index (χ3n) is 4.69. The average Bonchev–Trinajstić information content (AvgIpc) is 2.84. The second-order valence-corrected chi connectivity index (χ2v) is 6.20. The summed E-state index contributed by atoms with van der Waals surface area (Å²) < 4.78 is 5.30. The predicted octanol–water partition coefficient (Wildman–Crippen LogP) is 2.82. The van der Waals surface area contributed by atoms with Crippen LogP contribution in [0.2, 0.25) is 0 Å². The Morgan fingerprint density at radius 1 is 1.17 bits per heavy atom. The molecular weight excluding hydrogens is 300 g/mol. The maximum atomic E-state index is 12.6. The van der Waals surface area contributed by atoms with E-state index in [1.165, 1.54) is 16.7 Å². The number of aryl methyl sites for hydroxylation is 1. The minimum Gasteiger partial charge on any atom is -0.497 e. The number of aromatic nitrogens is 1. The monoisotopic (exact) mass is 324 g/mol. The zero-order valence-corrected chi connectivity index (χ0v) is 14.4. The van der Waals surface area contributed by atoms with Crippen LogP contribution in [0.15, 0.2) is 36.5 Å². The van der Waals surface area contributed by atoms with E-state index in [2.05, 4.69) is 30.1 Å². The largest absolute Gasteiger partial charge is 0.497 e. The average molecular weight is 324 g/mol. The van der Waals surface area contributed by atoms with Gasteiger partial charge in [-0.25, -0.2) is 0 Å². The molecular formula is C20H24N2O2. The fraction of sp³-hybridized carbons (Fsp3) is 0.400. The Morgan fingerprint density at radius 3 is 2.62 bits per heavy atom. The molecule has 4 heteroatoms. The lowest BCUT2D eigenvalue weighted by molar-refractivity contribution is -0.130. The van der Waals surface area contributed by atoms with Crippen molar-refractivity contribution >= 4 is 5.91 Å². The Hall–Kier alpha value is -2.36. The molecule has 3 rings (SSSR count). The molecule has 1 amide bonds. The van der Waals surface area contributed by atoms with Gasteiger partial charge >= 0.3 is 0 Å². The van der Waals surface area contributed by atoms with Crippen LogP contribution in [0.4, 0.5) is 0 Å². The number of hydrogen-bond acceptors (Lipinski definition) is 3. The molecule has 1 aliphatic heterocycles. The van der Waals surface area contributed by atoms with Gasteiger partial charge in [-0.15, -0.1) is 0 Å². The molecule has 2 aromatic rings. The fourth-order valence-corrected chi connectivity index (χ4v) is 3.11. The van der Waals surface area contributed by atoms with Gasteiger partial charge < -0.3 is 9.64 Å². The van der Waals surface area contributed by atoms with Crippen molar-refractivity contribution < 1.29 is 9.53 Å². The summed E-state index contributed by atoms with van der Waals surface area (Å²) in [6.07, 6.45) is 4.99. The highest BCUT2D eigenvalue weighted by Gasteiger charge is 2.19. The molecule has 1 aromatic heterocycles. The van der Waals surface area contributed by atoms with Crippen LogP contribution in [0, 0.1) is 0 Å². The van der Waals surface area contributed by atoms with Gasteiger partial charge in [-0.3, -0.25) is 9.78 Å². The van der Waals surface area contributed by atoms with Crippen molar-refractivity contribution in [2.45, 2.75) is 32.6 Å². The highest BCUT2D eigenvalue weighted by molar-refractivity contribution is 5.78. The fourth-order valence-electron chi connectivity index (χ4n) is 3.11. The van der Waals surface area contributed by atoms with E-state index < -0.39 is 0 Å². The number of carbonyl (C=O) groups excluding carboxylic acids is 1. The van der Waals surface area contributed by atoms with E-state index in [4.69, 9.17) is 4.74 Å². The second-order valence-electron chi connectivity index (χ2n) is 6.20. The molecule has 2 heterocycles. The molecule has 4 nitrogen and oxygen atoms in total. The van der Waals surface area contributed by atoms with Crippen molar-refractivity contribution in [3.8, 4) is 5.75 Å². The van der Waals surface area contributed by atoms with E-state index in [9.17, 15) is 4.79 Å². The molecule has 1 aromatic carbocycles. The van der Waals surface area contributed by atoms with Gasteiger partial charge in [0.1, 0.15) is 5.75 Å². The first kappa shape index (κ1) is 16.5. The highest BCUT2D eigenvalue weighted by atomic mass is 16.5. The van der Waals surface area contributed by atoms with Crippen LogP contribution in [0.5, 0.6) is 5.75 Å². The molecule has 0 saturated heterocycles. The number of fused-ring (bicyclic) bond motifs is 1. The smallest absolute Gasteiger partial charge is 0.228 e. The van der Waals surface area contributed by atoms with Gasteiger partial charge in [0.2, 0.25) is 5.91 Å². The summed E-state index contributed by atoms with van der Waals surface area (Å²) in [6.45, 7) is 3.63. The number of hydrogen-bond donors (Lipinski definition) is 0. The molecule has 0 saturated carbocycles. The first-order valence-corrected chi connectivity index (χ1v) is 8.57. The molecule has 1 aliphatic rings. The van der Waals surface area contributed by atoms with E-state index in [0.717, 1.165) is 43.8 Å². The number of carbonyl (C=O) groups is 1. The third kappa shape index (κ3) is 3.75. The maximum absolute atomic E-state index is 12.6. The van der Waals surface area contributed by atoms with E-state index in [0.29, 0.717) is 6.42 Å². The SMILES string of the molecule is CCc1ccc(CC(=O)N2CCc3ccc(OC)cc3CC2)nc1. The van der Waals surface area contributed by atoms with Crippen LogP contribution >= 0.6 is 0 Å². The number of methoxy groups -OCH3 is 1. The lowest BCUT2D eigenvalue weighted by Gasteiger charge is -2.20. The Kier molecular flexibility index (Phi) is 5.14. The van der Waals surface area contributed by atoms with Crippen LogP contribution in [0.3, 0.4) is 0 Å². The van der Waals surface area contributed by atoms with Crippen molar-refractivity contribution in [1.29, 1.82) is 0 Å². The van der Waals surface area contributed by atoms with Gasteiger partial charge in [0.15, 0.2) is 0 Å². The molecule has 126 valence electrons. The summed E-state index contributed by atoms with van der Waals surface area (Å²) in [7, 11) is 1.69. The Balaban J connectivity index is 1.64. The molecule has 0 N–H and O–H groups in total. The number of amides is 1. The molecule has 0 bridgehead atoms. The van der Waals surface area contributed by atoms with E-state index in [-0.39, 0.29) is 5.91 Å². The van der Waals surface area contributed by atoms with Crippen LogP contribution in [0.25, 0.3) is 0 Å². The predicted molar refractivity (Wildman–Crippen MR) is 94.3 cm³/mol. The van der Waals surface area contributed by atoms with Gasteiger partial charge in [-0.2, -0.15) is 0 Å². The number of rotatable bonds is 4. The minimum atomic E-state index is 0.159. The van der Waals surface area contributed by atoms with Crippen molar-refractivity contribution in [1.82, 2.24) is 9.88 Å². The lowest BCUT2D eigenvalue weighted by atomic mass is 10.0. The Morgan fingerprint density at radius 2 is 1.96 bits per heavy atom. The van der Waals surface area contributed by atoms with Crippen LogP contribution < -0.4 is 4.74 Å². The molecule has 0 spiro atoms. The number of pyridine rings is 1. The normalized spacial score (nSPS) is 14.0. The zero-order chi connectivity index (χ0) is 16.9. The standard InChI is InChI=1S/C20H24N2O2/c1-3-15-4-6-18(21-14-15)13-20(23)22-10-8-16-5-7-19(24-2)12-17(16)9-11-22/h4-7,12,14H,3,8-11,13H2,1-2H3. The van der Waals surface area contributed by atoms with Crippen molar-refractivity contribution in [3.05, 3.63) is 58.9 Å². The van der Waals surface area contributed by atoms with Crippen LogP contribution in [0.1, 0.15) is 29.3 Å². The van der Waals surface area contributed by atoms with Gasteiger partial charge in [-0.05, 0) is 54.2 Å². The number of benzene rings is 1. The first-order valence-electron chi connectivity index (χ1n) is 8.57. The van der Waals surface area contributed by atoms with Gasteiger partial charge in [0.25, 0.3) is 0 Å². The first-order chi connectivity index (χ1) is 11.7. The van der Waals surface area contributed by atoms with Crippen LogP contribution in [-0.4, -0.2) is 36.0 Å². The van der Waals surface area contributed by atoms with Crippen molar-refractivity contribution in [2.75, 3.05) is 20.2 Å². The number of ether oxygens (including phenoxy) is 1. The third-order valence-corrected chi connectivity index (χ3v) is 4.69. The molecule has 0 fully saturated rings. The van der Waals surface area contributed by atoms with E-state index in [1.54, 1.807) is 7.11 Å². The summed E-state index contributed by atoms with van der Waals surface area (Å²) >= 11 is 0. The summed E-state index contributed by atoms with van der Waals surface area (Å²) in [5.41, 5.74) is 4.65. The minimum absolute atomic E-state index is 0.159. The topological polar surface area (TPSA) is 42.4 Å². The Labute approximate surface area is 143 Å². The van der Waals surface area contributed by atoms with E-state index in [1.807, 2.05) is 23.2 Å². The summed E-state index contributed by atoms with van der Waals surface area (Å²) in [6, 6.07) is 10.2. The number of nitrogens with zero attached hydrogens (tertiary/aromatic N) is 2. The second kappa shape index (κ2) is 7.47. The van der Waals surface area contributed by atoms with Crippen molar-refractivity contribution in [3.63, 3.8) is 0 Å². The molecule has 24 heavy (non-hydrogen) atoms. The molecule has 0 aliphatic carbocycles. The van der Waals surface area contributed by atoms with Gasteiger partial charge in [0.05, 0.1) is 13.5 Å². The lowest BCUT2D eigenvalue weighted by Crippen LogP contribution is -2.34. The summed E-state index contributed by atoms with van der Waals surface area (Å²) in [4.78, 5) is 19.0. The molecule has 0 atom stereocenters. The van der Waals surface area contributed by atoms with Gasteiger partial charge in [-0.1, -0.05) is 19.1 Å². The van der Waals surface area contributed by atoms with Crippen LogP contribution in [-0.2, 0) is 30.5 Å². The maximum Gasteiger partial charge on any atom is 0.228 e. The molecule has 0 radical (unpaired) electrons. The summed E-state index contributed by atoms with van der Waals surface area (Å²) in [5, 5.41) is 0.